The van der Waals surface area contributed by atoms with Crippen LogP contribution in [-0.4, -0.2) is 39.6 Å². The second-order valence-electron chi connectivity index (χ2n) is 9.59. The Balaban J connectivity index is 1.62. The summed E-state index contributed by atoms with van der Waals surface area (Å²) in [5, 5.41) is 0.607. The second kappa shape index (κ2) is 10.2. The molecule has 0 bridgehead atoms. The fourth-order valence-corrected chi connectivity index (χ4v) is 5.78. The van der Waals surface area contributed by atoms with Gasteiger partial charge in [-0.05, 0) is 43.5 Å². The topological polar surface area (TPSA) is 73.5 Å². The molecule has 2 aliphatic rings. The van der Waals surface area contributed by atoms with Gasteiger partial charge in [-0.1, -0.05) is 63.1 Å². The van der Waals surface area contributed by atoms with E-state index in [1.165, 1.54) is 24.4 Å². The first-order valence-corrected chi connectivity index (χ1v) is 12.8. The van der Waals surface area contributed by atoms with E-state index in [0.717, 1.165) is 48.2 Å². The van der Waals surface area contributed by atoms with Crippen molar-refractivity contribution < 1.29 is 18.8 Å². The molecule has 0 saturated heterocycles. The summed E-state index contributed by atoms with van der Waals surface area (Å²) in [4.78, 5) is 47.7. The minimum Gasteiger partial charge on any atom is -0.360 e. The number of hydrogen-bond acceptors (Lipinski definition) is 3. The second-order valence-corrected chi connectivity index (χ2v) is 9.59. The monoisotopic (exact) mass is 499 g/mol. The summed E-state index contributed by atoms with van der Waals surface area (Å²) in [6.07, 6.45) is 8.64. The Labute approximate surface area is 215 Å². The van der Waals surface area contributed by atoms with Crippen LogP contribution in [0.3, 0.4) is 0 Å². The number of anilines is 1. The van der Waals surface area contributed by atoms with E-state index in [2.05, 4.69) is 11.6 Å². The van der Waals surface area contributed by atoms with Crippen molar-refractivity contribution >= 4 is 34.2 Å². The van der Waals surface area contributed by atoms with Gasteiger partial charge >= 0.3 is 0 Å². The van der Waals surface area contributed by atoms with Crippen LogP contribution in [0.15, 0.2) is 78.7 Å². The van der Waals surface area contributed by atoms with Crippen LogP contribution in [0.25, 0.3) is 10.9 Å². The van der Waals surface area contributed by atoms with E-state index < -0.39 is 23.5 Å². The highest BCUT2D eigenvalue weighted by atomic mass is 19.1. The number of benzene rings is 2. The number of H-pyrrole nitrogens is 1. The predicted molar refractivity (Wildman–Crippen MR) is 142 cm³/mol. The van der Waals surface area contributed by atoms with E-state index in [1.807, 2.05) is 24.0 Å². The number of nitrogens with zero attached hydrogens (tertiary/aromatic N) is 2. The van der Waals surface area contributed by atoms with Gasteiger partial charge < -0.3 is 9.88 Å². The number of carbonyl (C=O) groups excluding carboxylic acids is 3. The highest BCUT2D eigenvalue weighted by molar-refractivity contribution is 6.49. The quantitative estimate of drug-likeness (QED) is 0.324. The number of carbonyl (C=O) groups is 3. The standard InChI is InChI=1S/C30H30FN3O3/c1-3-22-26(4-2)33(20-12-6-5-7-13-20)29(36)27(22)34(21-14-10-11-19(31)17-21)30(37)28(35)24-18-32-25-16-9-8-15-23(24)25/h3,8-11,14-18,20,27,32H,1,4-7,12-13H2,2H3. The number of halogens is 1. The first-order valence-electron chi connectivity index (χ1n) is 12.8. The zero-order valence-corrected chi connectivity index (χ0v) is 20.9. The molecule has 37 heavy (non-hydrogen) atoms. The van der Waals surface area contributed by atoms with Crippen molar-refractivity contribution in [3.05, 3.63) is 90.0 Å². The fraction of sp³-hybridized carbons (Fsp3) is 0.300. The van der Waals surface area contributed by atoms with Gasteiger partial charge in [0.05, 0.1) is 5.56 Å². The third-order valence-corrected chi connectivity index (χ3v) is 7.48. The Hall–Kier alpha value is -4.00. The van der Waals surface area contributed by atoms with Crippen molar-refractivity contribution in [2.24, 2.45) is 0 Å². The third kappa shape index (κ3) is 4.28. The minimum atomic E-state index is -1.10. The first kappa shape index (κ1) is 24.7. The van der Waals surface area contributed by atoms with Crippen molar-refractivity contribution in [1.82, 2.24) is 9.88 Å². The molecule has 5 rings (SSSR count). The van der Waals surface area contributed by atoms with E-state index >= 15 is 0 Å². The van der Waals surface area contributed by atoms with Crippen LogP contribution in [0.4, 0.5) is 10.1 Å². The van der Waals surface area contributed by atoms with Crippen molar-refractivity contribution in [3.63, 3.8) is 0 Å². The molecule has 7 heteroatoms. The molecule has 1 aliphatic carbocycles. The number of ketones is 1. The lowest BCUT2D eigenvalue weighted by Crippen LogP contribution is -2.51. The smallest absolute Gasteiger partial charge is 0.300 e. The molecule has 1 fully saturated rings. The molecule has 2 heterocycles. The summed E-state index contributed by atoms with van der Waals surface area (Å²) in [6, 6.07) is 11.6. The highest BCUT2D eigenvalue weighted by Crippen LogP contribution is 2.38. The maximum Gasteiger partial charge on any atom is 0.300 e. The number of nitrogens with one attached hydrogen (secondary N) is 1. The largest absolute Gasteiger partial charge is 0.360 e. The fourth-order valence-electron chi connectivity index (χ4n) is 5.78. The molecule has 6 nitrogen and oxygen atoms in total. The number of amides is 2. The molecule has 1 saturated carbocycles. The minimum absolute atomic E-state index is 0.0323. The van der Waals surface area contributed by atoms with E-state index in [4.69, 9.17) is 0 Å². The number of aromatic nitrogens is 1. The van der Waals surface area contributed by atoms with E-state index in [-0.39, 0.29) is 23.2 Å². The van der Waals surface area contributed by atoms with Gasteiger partial charge in [-0.25, -0.2) is 4.39 Å². The maximum absolute atomic E-state index is 14.4. The van der Waals surface area contributed by atoms with Crippen molar-refractivity contribution in [2.45, 2.75) is 57.5 Å². The lowest BCUT2D eigenvalue weighted by atomic mass is 9.94. The number of aromatic amines is 1. The number of Topliss-reactive ketones (excluding diaryl/α,β-unsaturated/α-hetero) is 1. The van der Waals surface area contributed by atoms with Crippen molar-refractivity contribution in [2.75, 3.05) is 4.90 Å². The van der Waals surface area contributed by atoms with Gasteiger partial charge in [0, 0.05) is 40.1 Å². The molecule has 0 radical (unpaired) electrons. The van der Waals surface area contributed by atoms with Crippen LogP contribution in [0.2, 0.25) is 0 Å². The average Bonchev–Trinajstić information content (AvgIpc) is 3.47. The van der Waals surface area contributed by atoms with Gasteiger partial charge in [-0.15, -0.1) is 0 Å². The molecular weight excluding hydrogens is 469 g/mol. The lowest BCUT2D eigenvalue weighted by Gasteiger charge is -2.34. The summed E-state index contributed by atoms with van der Waals surface area (Å²) in [5.74, 6) is -2.51. The van der Waals surface area contributed by atoms with Gasteiger partial charge in [0.2, 0.25) is 0 Å². The SMILES string of the molecule is C=CC1=C(CC)N(C2CCCCC2)C(=O)C1N(C(=O)C(=O)c1c[nH]c2ccccc12)c1cccc(F)c1. The zero-order valence-electron chi connectivity index (χ0n) is 20.9. The summed E-state index contributed by atoms with van der Waals surface area (Å²) in [6.45, 7) is 5.92. The molecule has 2 amide bonds. The van der Waals surface area contributed by atoms with Gasteiger partial charge in [0.15, 0.2) is 0 Å². The Morgan fingerprint density at radius 2 is 1.89 bits per heavy atom. The molecule has 1 atom stereocenters. The first-order chi connectivity index (χ1) is 18.0. The number of rotatable bonds is 7. The number of para-hydroxylation sites is 1. The molecule has 190 valence electrons. The molecule has 0 spiro atoms. The van der Waals surface area contributed by atoms with E-state index in [9.17, 15) is 18.8 Å². The van der Waals surface area contributed by atoms with Crippen molar-refractivity contribution in [3.8, 4) is 0 Å². The summed E-state index contributed by atoms with van der Waals surface area (Å²) in [5.41, 5.74) is 2.47. The number of hydrogen-bond donors (Lipinski definition) is 1. The Morgan fingerprint density at radius 1 is 1.14 bits per heavy atom. The number of allylic oxidation sites excluding steroid dienone is 1. The van der Waals surface area contributed by atoms with Crippen molar-refractivity contribution in [1.29, 1.82) is 0 Å². The Morgan fingerprint density at radius 3 is 2.59 bits per heavy atom. The molecule has 1 N–H and O–H groups in total. The summed E-state index contributed by atoms with van der Waals surface area (Å²) >= 11 is 0. The molecule has 2 aromatic carbocycles. The van der Waals surface area contributed by atoms with Gasteiger partial charge in [-0.2, -0.15) is 0 Å². The third-order valence-electron chi connectivity index (χ3n) is 7.48. The maximum atomic E-state index is 14.4. The van der Waals surface area contributed by atoms with Crippen LogP contribution in [0, 0.1) is 5.82 Å². The van der Waals surface area contributed by atoms with Crippen LogP contribution in [0.5, 0.6) is 0 Å². The van der Waals surface area contributed by atoms with E-state index in [0.29, 0.717) is 17.4 Å². The molecule has 3 aromatic rings. The van der Waals surface area contributed by atoms with Crippen LogP contribution >= 0.6 is 0 Å². The Bertz CT molecular complexity index is 1420. The average molecular weight is 500 g/mol. The molecular formula is C30H30FN3O3. The lowest BCUT2D eigenvalue weighted by molar-refractivity contribution is -0.132. The normalized spacial score (nSPS) is 18.5. The predicted octanol–water partition coefficient (Wildman–Crippen LogP) is 5.92. The van der Waals surface area contributed by atoms with Gasteiger partial charge in [0.25, 0.3) is 17.6 Å². The molecule has 1 aliphatic heterocycles. The van der Waals surface area contributed by atoms with E-state index in [1.54, 1.807) is 24.3 Å². The van der Waals surface area contributed by atoms with Crippen LogP contribution < -0.4 is 4.90 Å². The van der Waals surface area contributed by atoms with Gasteiger partial charge in [0.1, 0.15) is 11.9 Å². The van der Waals surface area contributed by atoms with Gasteiger partial charge in [-0.3, -0.25) is 19.3 Å². The zero-order chi connectivity index (χ0) is 26.1. The highest BCUT2D eigenvalue weighted by Gasteiger charge is 2.47. The van der Waals surface area contributed by atoms with Crippen LogP contribution in [0.1, 0.15) is 55.8 Å². The summed E-state index contributed by atoms with van der Waals surface area (Å²) in [7, 11) is 0. The number of fused-ring (bicyclic) bond motifs is 1. The molecule has 1 unspecified atom stereocenters. The van der Waals surface area contributed by atoms with Crippen LogP contribution in [-0.2, 0) is 9.59 Å². The summed E-state index contributed by atoms with van der Waals surface area (Å²) < 4.78 is 14.4. The Kier molecular flexibility index (Phi) is 6.78. The molecule has 1 aromatic heterocycles.